The molecule has 0 saturated carbocycles. The third-order valence-electron chi connectivity index (χ3n) is 5.55. The van der Waals surface area contributed by atoms with Crippen LogP contribution in [0.25, 0.3) is 16.6 Å². The Bertz CT molecular complexity index is 1200. The molecule has 0 aliphatic carbocycles. The molecule has 0 saturated heterocycles. The molecule has 152 valence electrons. The molecule has 4 rings (SSSR count). The number of nitrogens with zero attached hydrogens (tertiary/aromatic N) is 1. The number of fused-ring (bicyclic) bond motifs is 1. The number of ether oxygens (including phenoxy) is 1. The summed E-state index contributed by atoms with van der Waals surface area (Å²) in [6.45, 7) is 9.12. The van der Waals surface area contributed by atoms with Crippen LogP contribution in [-0.4, -0.2) is 10.7 Å². The predicted molar refractivity (Wildman–Crippen MR) is 122 cm³/mol. The third kappa shape index (κ3) is 3.76. The van der Waals surface area contributed by atoms with Gasteiger partial charge in [-0.25, -0.2) is 0 Å². The number of benzene rings is 2. The van der Waals surface area contributed by atoms with Crippen LogP contribution in [0.4, 0.5) is 0 Å². The van der Waals surface area contributed by atoms with Gasteiger partial charge in [0, 0.05) is 22.8 Å². The van der Waals surface area contributed by atoms with Gasteiger partial charge in [0.2, 0.25) is 0 Å². The van der Waals surface area contributed by atoms with Crippen LogP contribution < -0.4 is 4.74 Å². The van der Waals surface area contributed by atoms with E-state index in [1.54, 1.807) is 0 Å². The zero-order chi connectivity index (χ0) is 21.3. The molecule has 0 aliphatic heterocycles. The van der Waals surface area contributed by atoms with E-state index in [-0.39, 0.29) is 5.41 Å². The van der Waals surface area contributed by atoms with Crippen LogP contribution in [0.3, 0.4) is 0 Å². The Morgan fingerprint density at radius 1 is 0.933 bits per heavy atom. The first-order valence-electron chi connectivity index (χ1n) is 10.3. The van der Waals surface area contributed by atoms with Gasteiger partial charge in [0.15, 0.2) is 6.29 Å². The van der Waals surface area contributed by atoms with E-state index in [2.05, 4.69) is 64.1 Å². The number of hydrogen-bond acceptors (Lipinski definition) is 2. The zero-order valence-corrected chi connectivity index (χ0v) is 18.0. The molecule has 4 aromatic rings. The van der Waals surface area contributed by atoms with Gasteiger partial charge >= 0.3 is 0 Å². The smallest absolute Gasteiger partial charge is 0.167 e. The number of rotatable bonds is 5. The van der Waals surface area contributed by atoms with E-state index in [9.17, 15) is 4.79 Å². The van der Waals surface area contributed by atoms with Gasteiger partial charge in [0.05, 0.1) is 5.69 Å². The summed E-state index contributed by atoms with van der Waals surface area (Å²) in [6.07, 6.45) is 2.88. The molecule has 2 aromatic carbocycles. The highest BCUT2D eigenvalue weighted by Gasteiger charge is 2.20. The van der Waals surface area contributed by atoms with Gasteiger partial charge in [-0.15, -0.1) is 0 Å². The van der Waals surface area contributed by atoms with Crippen LogP contribution >= 0.6 is 0 Å². The molecule has 2 aromatic heterocycles. The summed E-state index contributed by atoms with van der Waals surface area (Å²) >= 11 is 0. The van der Waals surface area contributed by atoms with Crippen LogP contribution in [0, 0.1) is 6.92 Å². The summed E-state index contributed by atoms with van der Waals surface area (Å²) in [4.78, 5) is 12.1. The standard InChI is InChI=1S/C27H27NO2/c1-19-9-8-14-28-24(19)16-22(25(28)17-29)23-15-21(27(2,3)4)12-13-26(23)30-18-20-10-6-5-7-11-20/h5-17H,18H2,1-4H3. The normalized spacial score (nSPS) is 11.6. The lowest BCUT2D eigenvalue weighted by atomic mass is 9.85. The first kappa shape index (κ1) is 20.0. The molecule has 3 heteroatoms. The zero-order valence-electron chi connectivity index (χ0n) is 18.0. The quantitative estimate of drug-likeness (QED) is 0.355. The minimum Gasteiger partial charge on any atom is -0.488 e. The van der Waals surface area contributed by atoms with E-state index in [0.717, 1.165) is 39.8 Å². The van der Waals surface area contributed by atoms with Crippen LogP contribution in [-0.2, 0) is 12.0 Å². The second kappa shape index (κ2) is 7.83. The maximum atomic E-state index is 12.1. The molecule has 30 heavy (non-hydrogen) atoms. The molecule has 0 amide bonds. The van der Waals surface area contributed by atoms with E-state index in [4.69, 9.17) is 4.74 Å². The Balaban J connectivity index is 1.87. The summed E-state index contributed by atoms with van der Waals surface area (Å²) in [7, 11) is 0. The Morgan fingerprint density at radius 3 is 2.40 bits per heavy atom. The molecule has 0 unspecified atom stereocenters. The van der Waals surface area contributed by atoms with E-state index in [1.807, 2.05) is 40.9 Å². The molecule has 0 fully saturated rings. The fourth-order valence-corrected chi connectivity index (χ4v) is 3.77. The Kier molecular flexibility index (Phi) is 5.21. The van der Waals surface area contributed by atoms with Crippen molar-refractivity contribution < 1.29 is 9.53 Å². The molecule has 3 nitrogen and oxygen atoms in total. The maximum Gasteiger partial charge on any atom is 0.167 e. The number of aldehydes is 1. The van der Waals surface area contributed by atoms with Gasteiger partial charge in [-0.3, -0.25) is 4.79 Å². The highest BCUT2D eigenvalue weighted by Crippen LogP contribution is 2.38. The van der Waals surface area contributed by atoms with Crippen molar-refractivity contribution in [1.29, 1.82) is 0 Å². The maximum absolute atomic E-state index is 12.1. The van der Waals surface area contributed by atoms with Crippen molar-refractivity contribution in [2.75, 3.05) is 0 Å². The number of carbonyl (C=O) groups is 1. The monoisotopic (exact) mass is 397 g/mol. The van der Waals surface area contributed by atoms with Crippen LogP contribution in [0.5, 0.6) is 5.75 Å². The van der Waals surface area contributed by atoms with Crippen molar-refractivity contribution in [2.45, 2.75) is 39.7 Å². The minimum atomic E-state index is -0.0108. The van der Waals surface area contributed by atoms with Crippen LogP contribution in [0.2, 0.25) is 0 Å². The minimum absolute atomic E-state index is 0.0108. The first-order valence-corrected chi connectivity index (χ1v) is 10.3. The van der Waals surface area contributed by atoms with Gasteiger partial charge < -0.3 is 9.14 Å². The second-order valence-electron chi connectivity index (χ2n) is 8.74. The van der Waals surface area contributed by atoms with Crippen molar-refractivity contribution in [3.8, 4) is 16.9 Å². The lowest BCUT2D eigenvalue weighted by molar-refractivity contribution is 0.111. The number of carbonyl (C=O) groups excluding carboxylic acids is 1. The number of aromatic nitrogens is 1. The Hall–Kier alpha value is -3.33. The number of pyridine rings is 1. The van der Waals surface area contributed by atoms with Crippen molar-refractivity contribution in [3.05, 3.63) is 95.3 Å². The van der Waals surface area contributed by atoms with E-state index in [0.29, 0.717) is 12.3 Å². The molecule has 2 heterocycles. The molecule has 0 atom stereocenters. The summed E-state index contributed by atoms with van der Waals surface area (Å²) in [5.74, 6) is 0.781. The van der Waals surface area contributed by atoms with Crippen molar-refractivity contribution >= 4 is 11.8 Å². The lowest BCUT2D eigenvalue weighted by Crippen LogP contribution is -2.11. The van der Waals surface area contributed by atoms with Crippen molar-refractivity contribution in [2.24, 2.45) is 0 Å². The molecular weight excluding hydrogens is 370 g/mol. The van der Waals surface area contributed by atoms with Crippen LogP contribution in [0.1, 0.15) is 48.0 Å². The molecule has 0 N–H and O–H groups in total. The average Bonchev–Trinajstić information content (AvgIpc) is 3.12. The van der Waals surface area contributed by atoms with E-state index < -0.39 is 0 Å². The molecule has 0 radical (unpaired) electrons. The van der Waals surface area contributed by atoms with E-state index >= 15 is 0 Å². The van der Waals surface area contributed by atoms with Crippen molar-refractivity contribution in [1.82, 2.24) is 4.40 Å². The third-order valence-corrected chi connectivity index (χ3v) is 5.55. The molecule has 0 bridgehead atoms. The van der Waals surface area contributed by atoms with Crippen LogP contribution in [0.15, 0.2) is 72.9 Å². The highest BCUT2D eigenvalue weighted by atomic mass is 16.5. The Labute approximate surface area is 177 Å². The summed E-state index contributed by atoms with van der Waals surface area (Å²) in [5, 5.41) is 0. The largest absolute Gasteiger partial charge is 0.488 e. The molecule has 0 spiro atoms. The SMILES string of the molecule is Cc1cccn2c(C=O)c(-c3cc(C(C)(C)C)ccc3OCc3ccccc3)cc12. The second-order valence-corrected chi connectivity index (χ2v) is 8.74. The van der Waals surface area contributed by atoms with Gasteiger partial charge in [-0.1, -0.05) is 63.2 Å². The summed E-state index contributed by atoms with van der Waals surface area (Å²) in [6, 6.07) is 22.6. The predicted octanol–water partition coefficient (Wildman–Crippen LogP) is 6.60. The highest BCUT2D eigenvalue weighted by molar-refractivity contribution is 5.92. The average molecular weight is 398 g/mol. The number of aryl methyl sites for hydroxylation is 1. The first-order chi connectivity index (χ1) is 14.4. The van der Waals surface area contributed by atoms with Gasteiger partial charge in [0.1, 0.15) is 12.4 Å². The summed E-state index contributed by atoms with van der Waals surface area (Å²) in [5.41, 5.74) is 6.95. The van der Waals surface area contributed by atoms with Crippen molar-refractivity contribution in [3.63, 3.8) is 0 Å². The Morgan fingerprint density at radius 2 is 1.70 bits per heavy atom. The summed E-state index contributed by atoms with van der Waals surface area (Å²) < 4.78 is 8.21. The van der Waals surface area contributed by atoms with Gasteiger partial charge in [0.25, 0.3) is 0 Å². The topological polar surface area (TPSA) is 30.7 Å². The molecular formula is C27H27NO2. The van der Waals surface area contributed by atoms with Gasteiger partial charge in [-0.05, 0) is 53.3 Å². The van der Waals surface area contributed by atoms with Gasteiger partial charge in [-0.2, -0.15) is 0 Å². The fourth-order valence-electron chi connectivity index (χ4n) is 3.77. The van der Waals surface area contributed by atoms with E-state index in [1.165, 1.54) is 5.56 Å². The lowest BCUT2D eigenvalue weighted by Gasteiger charge is -2.21. The fraction of sp³-hybridized carbons (Fsp3) is 0.222. The number of hydrogen-bond donors (Lipinski definition) is 0. The molecule has 0 aliphatic rings.